The maximum atomic E-state index is 12.8. The summed E-state index contributed by atoms with van der Waals surface area (Å²) >= 11 is 5.92. The molecule has 1 aliphatic heterocycles. The van der Waals surface area contributed by atoms with E-state index in [9.17, 15) is 14.7 Å². The molecule has 1 aliphatic rings. The van der Waals surface area contributed by atoms with Gasteiger partial charge in [0.25, 0.3) is 11.7 Å². The zero-order valence-corrected chi connectivity index (χ0v) is 17.3. The first kappa shape index (κ1) is 21.6. The van der Waals surface area contributed by atoms with Crippen LogP contribution in [0.4, 0.5) is 0 Å². The highest BCUT2D eigenvalue weighted by Gasteiger charge is 2.45. The molecule has 2 aromatic rings. The number of hydrogen-bond donors (Lipinski definition) is 1. The molecule has 1 atom stereocenters. The fraction of sp³-hybridized carbons (Fsp3) is 0.217. The summed E-state index contributed by atoms with van der Waals surface area (Å²) in [4.78, 5) is 27.0. The first-order valence-electron chi connectivity index (χ1n) is 9.35. The predicted molar refractivity (Wildman–Crippen MR) is 114 cm³/mol. The second kappa shape index (κ2) is 9.61. The Morgan fingerprint density at radius 2 is 1.83 bits per heavy atom. The number of benzene rings is 2. The van der Waals surface area contributed by atoms with E-state index in [0.29, 0.717) is 28.5 Å². The largest absolute Gasteiger partial charge is 0.507 e. The van der Waals surface area contributed by atoms with Crippen molar-refractivity contribution in [3.63, 3.8) is 0 Å². The van der Waals surface area contributed by atoms with Gasteiger partial charge in [0.15, 0.2) is 0 Å². The number of Topliss-reactive ketones (excluding diaryl/α,β-unsaturated/α-hetero) is 1. The Hall–Kier alpha value is -3.09. The number of methoxy groups -OCH3 is 1. The van der Waals surface area contributed by atoms with Crippen LogP contribution in [-0.2, 0) is 14.3 Å². The molecule has 1 N–H and O–H groups in total. The van der Waals surface area contributed by atoms with E-state index < -0.39 is 17.7 Å². The van der Waals surface area contributed by atoms with Gasteiger partial charge < -0.3 is 19.5 Å². The average molecular weight is 428 g/mol. The molecule has 0 unspecified atom stereocenters. The van der Waals surface area contributed by atoms with Crippen molar-refractivity contribution in [1.82, 2.24) is 4.90 Å². The van der Waals surface area contributed by atoms with Crippen LogP contribution < -0.4 is 4.74 Å². The molecule has 3 rings (SSSR count). The van der Waals surface area contributed by atoms with Gasteiger partial charge in [0.05, 0.1) is 18.2 Å². The molecule has 0 aliphatic carbocycles. The molecule has 1 heterocycles. The lowest BCUT2D eigenvalue weighted by atomic mass is 9.95. The maximum Gasteiger partial charge on any atom is 0.295 e. The minimum absolute atomic E-state index is 0.0261. The standard InChI is InChI=1S/C23H22ClNO5/c1-3-13-30-18-10-6-15(7-11-18)20-19(21(26)16-4-8-17(24)9-5-16)22(27)23(28)25(20)12-14-29-2/h3-11,20,26H,1,12-14H2,2H3/b21-19+/t20-/m1/s1. The number of rotatable bonds is 8. The number of halogens is 1. The van der Waals surface area contributed by atoms with Gasteiger partial charge in [-0.2, -0.15) is 0 Å². The summed E-state index contributed by atoms with van der Waals surface area (Å²) in [6.45, 7) is 4.44. The van der Waals surface area contributed by atoms with Crippen molar-refractivity contribution in [2.24, 2.45) is 0 Å². The van der Waals surface area contributed by atoms with Crippen LogP contribution in [0.2, 0.25) is 5.02 Å². The fourth-order valence-corrected chi connectivity index (χ4v) is 3.44. The lowest BCUT2D eigenvalue weighted by Gasteiger charge is -2.25. The van der Waals surface area contributed by atoms with Gasteiger partial charge in [0.1, 0.15) is 18.1 Å². The number of ether oxygens (including phenoxy) is 2. The van der Waals surface area contributed by atoms with Crippen molar-refractivity contribution in [3.05, 3.63) is 82.9 Å². The highest BCUT2D eigenvalue weighted by atomic mass is 35.5. The van der Waals surface area contributed by atoms with Crippen LogP contribution in [0.1, 0.15) is 17.2 Å². The van der Waals surface area contributed by atoms with Crippen molar-refractivity contribution in [3.8, 4) is 5.75 Å². The van der Waals surface area contributed by atoms with Gasteiger partial charge in [-0.3, -0.25) is 9.59 Å². The van der Waals surface area contributed by atoms with Gasteiger partial charge >= 0.3 is 0 Å². The molecule has 6 nitrogen and oxygen atoms in total. The summed E-state index contributed by atoms with van der Waals surface area (Å²) in [7, 11) is 1.52. The van der Waals surface area contributed by atoms with Crippen LogP contribution in [0.25, 0.3) is 5.76 Å². The van der Waals surface area contributed by atoms with Gasteiger partial charge in [-0.1, -0.05) is 36.4 Å². The zero-order chi connectivity index (χ0) is 21.7. The third-order valence-electron chi connectivity index (χ3n) is 4.76. The van der Waals surface area contributed by atoms with Crippen molar-refractivity contribution in [1.29, 1.82) is 0 Å². The summed E-state index contributed by atoms with van der Waals surface area (Å²) in [5.74, 6) is -1.04. The highest BCUT2D eigenvalue weighted by Crippen LogP contribution is 2.39. The first-order chi connectivity index (χ1) is 14.5. The normalized spacial score (nSPS) is 17.9. The molecule has 7 heteroatoms. The summed E-state index contributed by atoms with van der Waals surface area (Å²) in [5, 5.41) is 11.4. The van der Waals surface area contributed by atoms with Crippen LogP contribution in [0.3, 0.4) is 0 Å². The van der Waals surface area contributed by atoms with Gasteiger partial charge in [-0.25, -0.2) is 0 Å². The molecular weight excluding hydrogens is 406 g/mol. The lowest BCUT2D eigenvalue weighted by Crippen LogP contribution is -2.32. The molecular formula is C23H22ClNO5. The van der Waals surface area contributed by atoms with E-state index in [1.54, 1.807) is 54.6 Å². The van der Waals surface area contributed by atoms with Crippen molar-refractivity contribution >= 4 is 29.1 Å². The van der Waals surface area contributed by atoms with Crippen LogP contribution in [0.15, 0.2) is 66.8 Å². The number of hydrogen-bond acceptors (Lipinski definition) is 5. The molecule has 2 aromatic carbocycles. The monoisotopic (exact) mass is 427 g/mol. The first-order valence-corrected chi connectivity index (χ1v) is 9.72. The molecule has 0 radical (unpaired) electrons. The van der Waals surface area contributed by atoms with Crippen LogP contribution in [0, 0.1) is 0 Å². The number of aliphatic hydroxyl groups excluding tert-OH is 1. The van der Waals surface area contributed by atoms with E-state index in [-0.39, 0.29) is 24.5 Å². The average Bonchev–Trinajstić information content (AvgIpc) is 3.01. The molecule has 0 bridgehead atoms. The zero-order valence-electron chi connectivity index (χ0n) is 16.5. The van der Waals surface area contributed by atoms with E-state index in [1.807, 2.05) is 0 Å². The molecule has 0 saturated carbocycles. The second-order valence-corrected chi connectivity index (χ2v) is 7.10. The minimum atomic E-state index is -0.746. The predicted octanol–water partition coefficient (Wildman–Crippen LogP) is 3.97. The van der Waals surface area contributed by atoms with Gasteiger partial charge in [-0.05, 0) is 42.0 Å². The number of carbonyl (C=O) groups is 2. The highest BCUT2D eigenvalue weighted by molar-refractivity contribution is 6.46. The number of carbonyl (C=O) groups excluding carboxylic acids is 2. The molecule has 1 fully saturated rings. The molecule has 1 saturated heterocycles. The van der Waals surface area contributed by atoms with E-state index >= 15 is 0 Å². The number of nitrogens with zero attached hydrogens (tertiary/aromatic N) is 1. The molecule has 0 aromatic heterocycles. The Bertz CT molecular complexity index is 966. The van der Waals surface area contributed by atoms with E-state index in [0.717, 1.165) is 0 Å². The third-order valence-corrected chi connectivity index (χ3v) is 5.01. The number of aliphatic hydroxyl groups is 1. The minimum Gasteiger partial charge on any atom is -0.507 e. The quantitative estimate of drug-likeness (QED) is 0.298. The lowest BCUT2D eigenvalue weighted by molar-refractivity contribution is -0.140. The number of amides is 1. The number of ketones is 1. The topological polar surface area (TPSA) is 76.1 Å². The van der Waals surface area contributed by atoms with Gasteiger partial charge in [0, 0.05) is 24.2 Å². The SMILES string of the molecule is C=CCOc1ccc([C@@H]2/C(=C(\O)c3ccc(Cl)cc3)C(=O)C(=O)N2CCOC)cc1. The van der Waals surface area contributed by atoms with Crippen molar-refractivity contribution in [2.45, 2.75) is 6.04 Å². The Kier molecular flexibility index (Phi) is 6.92. The van der Waals surface area contributed by atoms with Gasteiger partial charge in [0.2, 0.25) is 0 Å². The van der Waals surface area contributed by atoms with Gasteiger partial charge in [-0.15, -0.1) is 0 Å². The van der Waals surface area contributed by atoms with Crippen LogP contribution >= 0.6 is 11.6 Å². The Balaban J connectivity index is 2.07. The summed E-state index contributed by atoms with van der Waals surface area (Å²) < 4.78 is 10.6. The molecule has 0 spiro atoms. The van der Waals surface area contributed by atoms with Crippen LogP contribution in [0.5, 0.6) is 5.75 Å². The Labute approximate surface area is 180 Å². The summed E-state index contributed by atoms with van der Waals surface area (Å²) in [5.41, 5.74) is 1.10. The molecule has 156 valence electrons. The third kappa shape index (κ3) is 4.40. The summed E-state index contributed by atoms with van der Waals surface area (Å²) in [6.07, 6.45) is 1.64. The molecule has 1 amide bonds. The second-order valence-electron chi connectivity index (χ2n) is 6.66. The Morgan fingerprint density at radius 3 is 2.43 bits per heavy atom. The van der Waals surface area contributed by atoms with E-state index in [4.69, 9.17) is 21.1 Å². The van der Waals surface area contributed by atoms with Crippen molar-refractivity contribution < 1.29 is 24.2 Å². The van der Waals surface area contributed by atoms with E-state index in [1.165, 1.54) is 12.0 Å². The Morgan fingerprint density at radius 1 is 1.17 bits per heavy atom. The maximum absolute atomic E-state index is 12.8. The van der Waals surface area contributed by atoms with Crippen LogP contribution in [-0.4, -0.2) is 48.6 Å². The summed E-state index contributed by atoms with van der Waals surface area (Å²) in [6, 6.07) is 12.7. The fourth-order valence-electron chi connectivity index (χ4n) is 3.31. The molecule has 30 heavy (non-hydrogen) atoms. The number of likely N-dealkylation sites (tertiary alicyclic amines) is 1. The van der Waals surface area contributed by atoms with Crippen molar-refractivity contribution in [2.75, 3.05) is 26.9 Å². The van der Waals surface area contributed by atoms with E-state index in [2.05, 4.69) is 6.58 Å². The smallest absolute Gasteiger partial charge is 0.295 e.